The number of methoxy groups -OCH3 is 1. The molecule has 37 heavy (non-hydrogen) atoms. The van der Waals surface area contributed by atoms with Crippen molar-refractivity contribution < 1.29 is 13.9 Å². The van der Waals surface area contributed by atoms with Gasteiger partial charge in [-0.15, -0.1) is 0 Å². The van der Waals surface area contributed by atoms with Crippen LogP contribution in [0.15, 0.2) is 91.3 Å². The number of carbonyl (C=O) groups is 1. The van der Waals surface area contributed by atoms with Gasteiger partial charge in [-0.3, -0.25) is 9.78 Å². The molecule has 3 heterocycles. The summed E-state index contributed by atoms with van der Waals surface area (Å²) in [5, 5.41) is 6.59. The fourth-order valence-corrected chi connectivity index (χ4v) is 4.91. The normalized spacial score (nSPS) is 16.9. The van der Waals surface area contributed by atoms with E-state index in [4.69, 9.17) is 17.0 Å². The average molecular weight is 516 g/mol. The standard InChI is InChI=1S/C28H26FN5O2S/c1-36-20-13-11-19(12-14-20)33-17-6-10-24(33)27-26(23-9-4-5-16-30-23)32-28(37)34(27)18-15-25(35)31-22-8-3-2-7-21(22)29/h2-14,16-17,26-27H,15,18H2,1H3,(H,31,35)(H,32,37)/t26-,27-/m0/s1. The Morgan fingerprint density at radius 3 is 2.59 bits per heavy atom. The first kappa shape index (κ1) is 24.5. The Morgan fingerprint density at radius 2 is 1.86 bits per heavy atom. The number of hydrogen-bond acceptors (Lipinski definition) is 4. The van der Waals surface area contributed by atoms with Crippen molar-refractivity contribution in [2.24, 2.45) is 0 Å². The van der Waals surface area contributed by atoms with Gasteiger partial charge >= 0.3 is 0 Å². The van der Waals surface area contributed by atoms with Gasteiger partial charge in [0.15, 0.2) is 5.11 Å². The zero-order valence-electron chi connectivity index (χ0n) is 20.2. The number of aromatic nitrogens is 2. The first-order valence-corrected chi connectivity index (χ1v) is 12.3. The van der Waals surface area contributed by atoms with Crippen LogP contribution in [0.3, 0.4) is 0 Å². The van der Waals surface area contributed by atoms with Crippen molar-refractivity contribution in [1.29, 1.82) is 0 Å². The van der Waals surface area contributed by atoms with E-state index in [0.717, 1.165) is 22.8 Å². The molecule has 2 aromatic heterocycles. The van der Waals surface area contributed by atoms with Gasteiger partial charge in [0.1, 0.15) is 11.6 Å². The molecule has 5 rings (SSSR count). The molecule has 0 bridgehead atoms. The van der Waals surface area contributed by atoms with E-state index in [1.165, 1.54) is 12.1 Å². The number of nitrogens with one attached hydrogen (secondary N) is 2. The molecule has 1 fully saturated rings. The molecule has 1 amide bonds. The van der Waals surface area contributed by atoms with Crippen LogP contribution in [-0.4, -0.2) is 39.1 Å². The molecule has 4 aromatic rings. The van der Waals surface area contributed by atoms with E-state index < -0.39 is 5.82 Å². The van der Waals surface area contributed by atoms with Crippen LogP contribution in [0.25, 0.3) is 5.69 Å². The highest BCUT2D eigenvalue weighted by atomic mass is 32.1. The van der Waals surface area contributed by atoms with Crippen LogP contribution in [0, 0.1) is 5.82 Å². The van der Waals surface area contributed by atoms with Gasteiger partial charge in [-0.2, -0.15) is 0 Å². The molecule has 0 saturated carbocycles. The quantitative estimate of drug-likeness (QED) is 0.321. The molecule has 2 N–H and O–H groups in total. The van der Waals surface area contributed by atoms with Crippen molar-refractivity contribution in [1.82, 2.24) is 19.8 Å². The molecule has 1 aliphatic heterocycles. The number of benzene rings is 2. The summed E-state index contributed by atoms with van der Waals surface area (Å²) >= 11 is 5.73. The third-order valence-corrected chi connectivity index (χ3v) is 6.71. The first-order chi connectivity index (χ1) is 18.0. The Labute approximate surface area is 219 Å². The van der Waals surface area contributed by atoms with Crippen LogP contribution in [0.1, 0.15) is 29.9 Å². The number of thiocarbonyl (C=S) groups is 1. The van der Waals surface area contributed by atoms with Crippen molar-refractivity contribution in [3.63, 3.8) is 0 Å². The monoisotopic (exact) mass is 515 g/mol. The van der Waals surface area contributed by atoms with E-state index in [2.05, 4.69) is 20.2 Å². The summed E-state index contributed by atoms with van der Waals surface area (Å²) in [5.41, 5.74) is 2.96. The Balaban J connectivity index is 1.44. The van der Waals surface area contributed by atoms with Gasteiger partial charge in [0.05, 0.1) is 30.6 Å². The lowest BCUT2D eigenvalue weighted by Crippen LogP contribution is -2.33. The Hall–Kier alpha value is -4.24. The Bertz CT molecular complexity index is 1390. The molecular weight excluding hydrogens is 489 g/mol. The number of anilines is 1. The van der Waals surface area contributed by atoms with Gasteiger partial charge in [-0.25, -0.2) is 4.39 Å². The van der Waals surface area contributed by atoms with Crippen LogP contribution in [0.5, 0.6) is 5.75 Å². The van der Waals surface area contributed by atoms with Gasteiger partial charge in [0, 0.05) is 36.7 Å². The lowest BCUT2D eigenvalue weighted by molar-refractivity contribution is -0.116. The van der Waals surface area contributed by atoms with E-state index in [-0.39, 0.29) is 30.1 Å². The van der Waals surface area contributed by atoms with Gasteiger partial charge in [0.25, 0.3) is 0 Å². The second-order valence-electron chi connectivity index (χ2n) is 8.60. The number of amides is 1. The van der Waals surface area contributed by atoms with Gasteiger partial charge < -0.3 is 24.8 Å². The van der Waals surface area contributed by atoms with Crippen molar-refractivity contribution in [2.45, 2.75) is 18.5 Å². The molecule has 7 nitrogen and oxygen atoms in total. The van der Waals surface area contributed by atoms with Crippen molar-refractivity contribution in [2.75, 3.05) is 19.0 Å². The second-order valence-corrected chi connectivity index (χ2v) is 8.99. The van der Waals surface area contributed by atoms with Crippen LogP contribution >= 0.6 is 12.2 Å². The highest BCUT2D eigenvalue weighted by molar-refractivity contribution is 7.80. The predicted octanol–water partition coefficient (Wildman–Crippen LogP) is 5.02. The summed E-state index contributed by atoms with van der Waals surface area (Å²) in [7, 11) is 1.64. The molecule has 2 atom stereocenters. The lowest BCUT2D eigenvalue weighted by Gasteiger charge is -2.29. The fraction of sp³-hybridized carbons (Fsp3) is 0.179. The summed E-state index contributed by atoms with van der Waals surface area (Å²) in [6, 6.07) is 23.3. The zero-order chi connectivity index (χ0) is 25.8. The zero-order valence-corrected chi connectivity index (χ0v) is 21.0. The molecule has 1 aliphatic rings. The van der Waals surface area contributed by atoms with Gasteiger partial charge in [-0.1, -0.05) is 18.2 Å². The lowest BCUT2D eigenvalue weighted by atomic mass is 10.0. The van der Waals surface area contributed by atoms with Crippen LogP contribution in [0.2, 0.25) is 0 Å². The van der Waals surface area contributed by atoms with Crippen LogP contribution < -0.4 is 15.4 Å². The summed E-state index contributed by atoms with van der Waals surface area (Å²) < 4.78 is 21.4. The summed E-state index contributed by atoms with van der Waals surface area (Å²) in [6.45, 7) is 0.341. The number of carbonyl (C=O) groups excluding carboxylic acids is 1. The molecule has 1 saturated heterocycles. The summed E-state index contributed by atoms with van der Waals surface area (Å²) in [5.74, 6) is 0.00751. The number of pyridine rings is 1. The molecule has 0 aliphatic carbocycles. The number of nitrogens with zero attached hydrogens (tertiary/aromatic N) is 3. The smallest absolute Gasteiger partial charge is 0.226 e. The maximum absolute atomic E-state index is 14.0. The molecular formula is C28H26FN5O2S. The molecule has 9 heteroatoms. The Morgan fingerprint density at radius 1 is 1.08 bits per heavy atom. The van der Waals surface area contributed by atoms with Crippen molar-refractivity contribution in [3.05, 3.63) is 108 Å². The van der Waals surface area contributed by atoms with Crippen molar-refractivity contribution >= 4 is 28.9 Å². The van der Waals surface area contributed by atoms with Crippen LogP contribution in [0.4, 0.5) is 10.1 Å². The number of halogens is 1. The molecule has 0 spiro atoms. The topological polar surface area (TPSA) is 71.4 Å². The number of ether oxygens (including phenoxy) is 1. The number of rotatable bonds is 8. The maximum Gasteiger partial charge on any atom is 0.226 e. The minimum Gasteiger partial charge on any atom is -0.497 e. The van der Waals surface area contributed by atoms with Gasteiger partial charge in [0.2, 0.25) is 5.91 Å². The van der Waals surface area contributed by atoms with E-state index >= 15 is 0 Å². The second kappa shape index (κ2) is 10.8. The summed E-state index contributed by atoms with van der Waals surface area (Å²) in [4.78, 5) is 19.3. The predicted molar refractivity (Wildman–Crippen MR) is 144 cm³/mol. The summed E-state index contributed by atoms with van der Waals surface area (Å²) in [6.07, 6.45) is 3.88. The molecule has 2 aromatic carbocycles. The van der Waals surface area contributed by atoms with Crippen molar-refractivity contribution in [3.8, 4) is 11.4 Å². The molecule has 0 unspecified atom stereocenters. The number of hydrogen-bond donors (Lipinski definition) is 2. The number of para-hydroxylation sites is 1. The highest BCUT2D eigenvalue weighted by Crippen LogP contribution is 2.39. The minimum absolute atomic E-state index is 0.130. The third-order valence-electron chi connectivity index (χ3n) is 6.36. The Kier molecular flexibility index (Phi) is 7.14. The first-order valence-electron chi connectivity index (χ1n) is 11.9. The van der Waals surface area contributed by atoms with E-state index in [1.807, 2.05) is 65.7 Å². The van der Waals surface area contributed by atoms with E-state index in [9.17, 15) is 9.18 Å². The van der Waals surface area contributed by atoms with Crippen LogP contribution in [-0.2, 0) is 4.79 Å². The van der Waals surface area contributed by atoms with E-state index in [0.29, 0.717) is 11.7 Å². The fourth-order valence-electron chi connectivity index (χ4n) is 4.58. The molecule has 188 valence electrons. The van der Waals surface area contributed by atoms with E-state index in [1.54, 1.807) is 25.4 Å². The molecule has 0 radical (unpaired) electrons. The van der Waals surface area contributed by atoms with Gasteiger partial charge in [-0.05, 0) is 72.9 Å². The minimum atomic E-state index is -0.473. The SMILES string of the molecule is COc1ccc(-n2cccc2[C@H]2[C@H](c3ccccn3)NC(=S)N2CCC(=O)Nc2ccccc2F)cc1. The maximum atomic E-state index is 14.0. The average Bonchev–Trinajstić information content (AvgIpc) is 3.53. The largest absolute Gasteiger partial charge is 0.497 e. The third kappa shape index (κ3) is 5.17. The highest BCUT2D eigenvalue weighted by Gasteiger charge is 2.41.